The molecule has 2 N–H and O–H groups in total. The van der Waals surface area contributed by atoms with Crippen LogP contribution in [0.3, 0.4) is 0 Å². The number of nitrogens with one attached hydrogen (secondary N) is 2. The third-order valence-corrected chi connectivity index (χ3v) is 4.16. The molecule has 0 unspecified atom stereocenters. The van der Waals surface area contributed by atoms with Gasteiger partial charge in [0.15, 0.2) is 5.96 Å². The first-order chi connectivity index (χ1) is 12.6. The first-order valence-corrected chi connectivity index (χ1v) is 10.4. The van der Waals surface area contributed by atoms with Crippen LogP contribution in [-0.2, 0) is 11.2 Å². The van der Waals surface area contributed by atoms with Gasteiger partial charge in [-0.2, -0.15) is 11.8 Å². The minimum atomic E-state index is -0.0169. The van der Waals surface area contributed by atoms with Crippen molar-refractivity contribution in [3.63, 3.8) is 0 Å². The summed E-state index contributed by atoms with van der Waals surface area (Å²) in [6.07, 6.45) is 3.92. The Morgan fingerprint density at radius 3 is 2.67 bits per heavy atom. The minimum absolute atomic E-state index is 0. The van der Waals surface area contributed by atoms with Gasteiger partial charge in [0.2, 0.25) is 5.91 Å². The fourth-order valence-electron chi connectivity index (χ4n) is 2.07. The highest BCUT2D eigenvalue weighted by molar-refractivity contribution is 14.0. The SMILES string of the molecule is CCCOc1cccc(CCNC(=NCC(=O)N(C)C)NCCSC)c1.I. The van der Waals surface area contributed by atoms with Crippen LogP contribution >= 0.6 is 35.7 Å². The first kappa shape index (κ1) is 25.8. The lowest BCUT2D eigenvalue weighted by Crippen LogP contribution is -2.40. The van der Waals surface area contributed by atoms with Gasteiger partial charge in [-0.25, -0.2) is 4.99 Å². The quantitative estimate of drug-likeness (QED) is 0.208. The van der Waals surface area contributed by atoms with E-state index in [1.54, 1.807) is 30.8 Å². The van der Waals surface area contributed by atoms with E-state index in [1.165, 1.54) is 5.56 Å². The molecule has 1 aromatic carbocycles. The molecular formula is C19H33IN4O2S. The van der Waals surface area contributed by atoms with Crippen LogP contribution in [0.1, 0.15) is 18.9 Å². The molecular weight excluding hydrogens is 475 g/mol. The number of carbonyl (C=O) groups excluding carboxylic acids is 1. The number of hydrogen-bond acceptors (Lipinski definition) is 4. The van der Waals surface area contributed by atoms with Crippen molar-refractivity contribution in [3.8, 4) is 5.75 Å². The molecule has 0 fully saturated rings. The van der Waals surface area contributed by atoms with Gasteiger partial charge >= 0.3 is 0 Å². The highest BCUT2D eigenvalue weighted by Crippen LogP contribution is 2.13. The first-order valence-electron chi connectivity index (χ1n) is 8.99. The van der Waals surface area contributed by atoms with Gasteiger partial charge in [-0.15, -0.1) is 24.0 Å². The number of nitrogens with zero attached hydrogens (tertiary/aromatic N) is 2. The maximum absolute atomic E-state index is 11.7. The maximum Gasteiger partial charge on any atom is 0.243 e. The van der Waals surface area contributed by atoms with E-state index < -0.39 is 0 Å². The van der Waals surface area contributed by atoms with E-state index in [0.29, 0.717) is 5.96 Å². The lowest BCUT2D eigenvalue weighted by molar-refractivity contribution is -0.127. The molecule has 0 bridgehead atoms. The third kappa shape index (κ3) is 12.0. The molecule has 0 saturated heterocycles. The van der Waals surface area contributed by atoms with Gasteiger partial charge in [-0.1, -0.05) is 19.1 Å². The summed E-state index contributed by atoms with van der Waals surface area (Å²) in [5.74, 6) is 2.55. The van der Waals surface area contributed by atoms with Gasteiger partial charge in [0.05, 0.1) is 6.61 Å². The molecule has 0 atom stereocenters. The second-order valence-electron chi connectivity index (χ2n) is 6.05. The van der Waals surface area contributed by atoms with Crippen LogP contribution in [0.2, 0.25) is 0 Å². The number of likely N-dealkylation sites (N-methyl/N-ethyl adjacent to an activating group) is 1. The maximum atomic E-state index is 11.7. The van der Waals surface area contributed by atoms with Crippen LogP contribution in [0.4, 0.5) is 0 Å². The number of benzene rings is 1. The number of guanidine groups is 1. The minimum Gasteiger partial charge on any atom is -0.494 e. The van der Waals surface area contributed by atoms with Gasteiger partial charge in [-0.05, 0) is 36.8 Å². The van der Waals surface area contributed by atoms with Crippen molar-refractivity contribution < 1.29 is 9.53 Å². The Balaban J connectivity index is 0.00000676. The topological polar surface area (TPSA) is 66.0 Å². The van der Waals surface area contributed by atoms with Crippen molar-refractivity contribution in [1.29, 1.82) is 0 Å². The van der Waals surface area contributed by atoms with Crippen LogP contribution in [0.5, 0.6) is 5.75 Å². The third-order valence-electron chi connectivity index (χ3n) is 3.55. The Labute approximate surface area is 184 Å². The lowest BCUT2D eigenvalue weighted by Gasteiger charge is -2.14. The molecule has 0 spiro atoms. The van der Waals surface area contributed by atoms with Crippen molar-refractivity contribution in [2.24, 2.45) is 4.99 Å². The average molecular weight is 508 g/mol. The highest BCUT2D eigenvalue weighted by Gasteiger charge is 2.05. The molecule has 1 rings (SSSR count). The number of thioether (sulfide) groups is 1. The summed E-state index contributed by atoms with van der Waals surface area (Å²) >= 11 is 1.77. The van der Waals surface area contributed by atoms with E-state index in [-0.39, 0.29) is 36.4 Å². The number of ether oxygens (including phenoxy) is 1. The van der Waals surface area contributed by atoms with E-state index in [0.717, 1.165) is 44.0 Å². The molecule has 154 valence electrons. The molecule has 0 aliphatic heterocycles. The number of halogens is 1. The fourth-order valence-corrected chi connectivity index (χ4v) is 2.38. The van der Waals surface area contributed by atoms with Gasteiger partial charge in [0, 0.05) is 32.9 Å². The Morgan fingerprint density at radius 1 is 1.26 bits per heavy atom. The van der Waals surface area contributed by atoms with Gasteiger partial charge in [0.1, 0.15) is 12.3 Å². The number of rotatable bonds is 11. The zero-order valence-electron chi connectivity index (χ0n) is 16.8. The smallest absolute Gasteiger partial charge is 0.243 e. The molecule has 0 aliphatic rings. The summed E-state index contributed by atoms with van der Waals surface area (Å²) in [4.78, 5) is 17.7. The molecule has 1 amide bonds. The van der Waals surface area contributed by atoms with Crippen LogP contribution in [0.25, 0.3) is 0 Å². The Hall–Kier alpha value is -1.16. The van der Waals surface area contributed by atoms with Crippen LogP contribution in [-0.4, -0.2) is 69.1 Å². The van der Waals surface area contributed by atoms with Crippen LogP contribution in [0.15, 0.2) is 29.3 Å². The largest absolute Gasteiger partial charge is 0.494 e. The van der Waals surface area contributed by atoms with Crippen molar-refractivity contribution in [2.75, 3.05) is 52.3 Å². The van der Waals surface area contributed by atoms with Crippen molar-refractivity contribution in [2.45, 2.75) is 19.8 Å². The van der Waals surface area contributed by atoms with Gasteiger partial charge < -0.3 is 20.3 Å². The Morgan fingerprint density at radius 2 is 2.00 bits per heavy atom. The van der Waals surface area contributed by atoms with E-state index in [4.69, 9.17) is 4.74 Å². The normalized spacial score (nSPS) is 10.7. The zero-order chi connectivity index (χ0) is 19.2. The van der Waals surface area contributed by atoms with Crippen LogP contribution in [0, 0.1) is 0 Å². The zero-order valence-corrected chi connectivity index (χ0v) is 19.9. The summed E-state index contributed by atoms with van der Waals surface area (Å²) in [6, 6.07) is 8.16. The Bertz CT molecular complexity index is 570. The molecule has 27 heavy (non-hydrogen) atoms. The van der Waals surface area contributed by atoms with E-state index in [1.807, 2.05) is 12.1 Å². The molecule has 8 heteroatoms. The summed E-state index contributed by atoms with van der Waals surface area (Å²) < 4.78 is 5.68. The summed E-state index contributed by atoms with van der Waals surface area (Å²) in [7, 11) is 3.47. The molecule has 0 heterocycles. The molecule has 1 aromatic rings. The molecule has 0 aromatic heterocycles. The highest BCUT2D eigenvalue weighted by atomic mass is 127. The van der Waals surface area contributed by atoms with E-state index in [2.05, 4.69) is 40.9 Å². The molecule has 0 aliphatic carbocycles. The standard InChI is InChI=1S/C19H32N4O2S.HI/c1-5-12-25-17-8-6-7-16(14-17)9-10-20-19(21-11-13-26-4)22-15-18(24)23(2)3;/h6-8,14H,5,9-13,15H2,1-4H3,(H2,20,21,22);1H. The number of amides is 1. The molecule has 0 radical (unpaired) electrons. The second-order valence-corrected chi connectivity index (χ2v) is 7.03. The fraction of sp³-hybridized carbons (Fsp3) is 0.579. The van der Waals surface area contributed by atoms with Crippen molar-refractivity contribution in [3.05, 3.63) is 29.8 Å². The van der Waals surface area contributed by atoms with Crippen molar-refractivity contribution >= 4 is 47.6 Å². The van der Waals surface area contributed by atoms with E-state index >= 15 is 0 Å². The average Bonchev–Trinajstić information content (AvgIpc) is 2.64. The van der Waals surface area contributed by atoms with Gasteiger partial charge in [0.25, 0.3) is 0 Å². The number of carbonyl (C=O) groups is 1. The van der Waals surface area contributed by atoms with E-state index in [9.17, 15) is 4.79 Å². The lowest BCUT2D eigenvalue weighted by atomic mass is 10.1. The number of aliphatic imine (C=N–C) groups is 1. The summed E-state index contributed by atoms with van der Waals surface area (Å²) in [6.45, 7) is 4.52. The van der Waals surface area contributed by atoms with Crippen LogP contribution < -0.4 is 15.4 Å². The van der Waals surface area contributed by atoms with Crippen molar-refractivity contribution in [1.82, 2.24) is 15.5 Å². The summed E-state index contributed by atoms with van der Waals surface area (Å²) in [5, 5.41) is 6.57. The summed E-state index contributed by atoms with van der Waals surface area (Å²) in [5.41, 5.74) is 1.21. The molecule has 0 saturated carbocycles. The Kier molecular flexibility index (Phi) is 15.2. The second kappa shape index (κ2) is 15.9. The molecule has 6 nitrogen and oxygen atoms in total. The predicted molar refractivity (Wildman–Crippen MR) is 127 cm³/mol. The predicted octanol–water partition coefficient (Wildman–Crippen LogP) is 2.62. The van der Waals surface area contributed by atoms with Gasteiger partial charge in [-0.3, -0.25) is 4.79 Å². The monoisotopic (exact) mass is 508 g/mol. The number of hydrogen-bond donors (Lipinski definition) is 2.